The quantitative estimate of drug-likeness (QED) is 0.721. The average Bonchev–Trinajstić information content (AvgIpc) is 3.52. The molecule has 4 heterocycles. The van der Waals surface area contributed by atoms with E-state index < -0.39 is 0 Å². The molecule has 1 aliphatic carbocycles. The van der Waals surface area contributed by atoms with Crippen LogP contribution in [0.2, 0.25) is 0 Å². The van der Waals surface area contributed by atoms with Gasteiger partial charge in [0.05, 0.1) is 5.69 Å². The molecule has 0 radical (unpaired) electrons. The van der Waals surface area contributed by atoms with E-state index in [0.29, 0.717) is 35.9 Å². The van der Waals surface area contributed by atoms with Gasteiger partial charge in [-0.05, 0) is 37.5 Å². The number of amides is 2. The van der Waals surface area contributed by atoms with Crippen molar-refractivity contribution in [1.29, 1.82) is 0 Å². The summed E-state index contributed by atoms with van der Waals surface area (Å²) in [4.78, 5) is 38.4. The molecule has 8 nitrogen and oxygen atoms in total. The molecule has 5 rings (SSSR count). The Balaban J connectivity index is 1.45. The van der Waals surface area contributed by atoms with E-state index in [9.17, 15) is 9.59 Å². The Morgan fingerprint density at radius 2 is 2.07 bits per heavy atom. The van der Waals surface area contributed by atoms with Crippen molar-refractivity contribution < 1.29 is 9.59 Å². The fourth-order valence-electron chi connectivity index (χ4n) is 4.10. The first-order chi connectivity index (χ1) is 14.5. The third-order valence-corrected chi connectivity index (χ3v) is 6.13. The number of likely N-dealkylation sites (N-methyl/N-ethyl adjacent to an activating group) is 1. The fraction of sp³-hybridized carbons (Fsp3) is 0.409. The van der Waals surface area contributed by atoms with Crippen LogP contribution in [0.3, 0.4) is 0 Å². The Morgan fingerprint density at radius 1 is 1.23 bits per heavy atom. The average molecular weight is 404 g/mol. The summed E-state index contributed by atoms with van der Waals surface area (Å²) < 4.78 is 0. The molecule has 0 bridgehead atoms. The summed E-state index contributed by atoms with van der Waals surface area (Å²) in [6.07, 6.45) is 6.42. The van der Waals surface area contributed by atoms with E-state index in [4.69, 9.17) is 0 Å². The highest BCUT2D eigenvalue weighted by molar-refractivity contribution is 5.99. The third kappa shape index (κ3) is 3.32. The molecule has 3 aromatic heterocycles. The van der Waals surface area contributed by atoms with E-state index in [-0.39, 0.29) is 17.9 Å². The van der Waals surface area contributed by atoms with Gasteiger partial charge in [-0.1, -0.05) is 12.8 Å². The first-order valence-corrected chi connectivity index (χ1v) is 10.3. The second-order valence-electron chi connectivity index (χ2n) is 8.33. The van der Waals surface area contributed by atoms with Gasteiger partial charge in [0.15, 0.2) is 5.65 Å². The Kier molecular flexibility index (Phi) is 4.49. The molecule has 3 aromatic rings. The number of fused-ring (bicyclic) bond motifs is 1. The van der Waals surface area contributed by atoms with Crippen molar-refractivity contribution in [2.45, 2.75) is 32.2 Å². The third-order valence-electron chi connectivity index (χ3n) is 6.13. The molecule has 1 saturated carbocycles. The number of nitrogens with one attached hydrogen (secondary N) is 1. The largest absolute Gasteiger partial charge is 0.342 e. The zero-order valence-corrected chi connectivity index (χ0v) is 17.1. The van der Waals surface area contributed by atoms with Crippen LogP contribution in [0.1, 0.15) is 35.3 Å². The van der Waals surface area contributed by atoms with Crippen molar-refractivity contribution in [3.05, 3.63) is 41.9 Å². The number of aryl methyl sites for hydroxylation is 1. The van der Waals surface area contributed by atoms with Gasteiger partial charge in [-0.25, -0.2) is 4.98 Å². The van der Waals surface area contributed by atoms with Crippen LogP contribution in [0.25, 0.3) is 22.3 Å². The number of pyridine rings is 2. The predicted molar refractivity (Wildman–Crippen MR) is 112 cm³/mol. The lowest BCUT2D eigenvalue weighted by Gasteiger charge is -2.39. The lowest BCUT2D eigenvalue weighted by atomic mass is 10.0. The molecular weight excluding hydrogens is 380 g/mol. The fourth-order valence-corrected chi connectivity index (χ4v) is 4.10. The van der Waals surface area contributed by atoms with E-state index in [2.05, 4.69) is 20.2 Å². The first kappa shape index (κ1) is 18.7. The lowest BCUT2D eigenvalue weighted by Crippen LogP contribution is -2.57. The van der Waals surface area contributed by atoms with Gasteiger partial charge < -0.3 is 9.80 Å². The molecule has 1 atom stereocenters. The first-order valence-electron chi connectivity index (χ1n) is 10.3. The summed E-state index contributed by atoms with van der Waals surface area (Å²) in [6.45, 7) is 3.06. The highest BCUT2D eigenvalue weighted by Crippen LogP contribution is 2.36. The van der Waals surface area contributed by atoms with Crippen LogP contribution in [-0.4, -0.2) is 68.0 Å². The molecule has 30 heavy (non-hydrogen) atoms. The number of H-pyrrole nitrogens is 1. The SMILES string of the molecule is Cc1[nH]nc2ncc(-c3cc(C(=O)N4CCN(C)C(=O)C4CC4CC4)ccn3)cc12. The molecule has 0 aromatic carbocycles. The highest BCUT2D eigenvalue weighted by atomic mass is 16.2. The zero-order valence-electron chi connectivity index (χ0n) is 17.1. The molecule has 1 unspecified atom stereocenters. The van der Waals surface area contributed by atoms with Crippen LogP contribution in [0.5, 0.6) is 0 Å². The number of carbonyl (C=O) groups is 2. The van der Waals surface area contributed by atoms with E-state index in [1.165, 1.54) is 0 Å². The zero-order chi connectivity index (χ0) is 20.8. The number of nitrogens with zero attached hydrogens (tertiary/aromatic N) is 5. The van der Waals surface area contributed by atoms with Crippen molar-refractivity contribution in [2.75, 3.05) is 20.1 Å². The minimum Gasteiger partial charge on any atom is -0.342 e. The Labute approximate surface area is 174 Å². The minimum atomic E-state index is -0.369. The maximum Gasteiger partial charge on any atom is 0.254 e. The summed E-state index contributed by atoms with van der Waals surface area (Å²) in [5.41, 5.74) is 3.63. The predicted octanol–water partition coefficient (Wildman–Crippen LogP) is 2.41. The summed E-state index contributed by atoms with van der Waals surface area (Å²) >= 11 is 0. The van der Waals surface area contributed by atoms with Crippen molar-refractivity contribution in [2.24, 2.45) is 5.92 Å². The normalized spacial score (nSPS) is 19.5. The number of hydrogen-bond acceptors (Lipinski definition) is 5. The Morgan fingerprint density at radius 3 is 2.87 bits per heavy atom. The number of aromatic amines is 1. The van der Waals surface area contributed by atoms with E-state index >= 15 is 0 Å². The second-order valence-corrected chi connectivity index (χ2v) is 8.33. The topological polar surface area (TPSA) is 95.1 Å². The van der Waals surface area contributed by atoms with Gasteiger partial charge in [0.1, 0.15) is 6.04 Å². The number of rotatable bonds is 4. The van der Waals surface area contributed by atoms with Crippen molar-refractivity contribution >= 4 is 22.8 Å². The molecular formula is C22H24N6O2. The molecule has 1 saturated heterocycles. The van der Waals surface area contributed by atoms with E-state index in [1.807, 2.05) is 20.0 Å². The molecule has 2 fully saturated rings. The number of piperazine rings is 1. The number of hydrogen-bond donors (Lipinski definition) is 1. The highest BCUT2D eigenvalue weighted by Gasteiger charge is 2.39. The lowest BCUT2D eigenvalue weighted by molar-refractivity contribution is -0.139. The maximum atomic E-state index is 13.4. The molecule has 1 N–H and O–H groups in total. The Hall–Kier alpha value is -3.29. The van der Waals surface area contributed by atoms with Gasteiger partial charge in [-0.2, -0.15) is 5.10 Å². The molecule has 2 amide bonds. The van der Waals surface area contributed by atoms with Crippen LogP contribution in [0.4, 0.5) is 0 Å². The van der Waals surface area contributed by atoms with Crippen LogP contribution in [-0.2, 0) is 4.79 Å². The van der Waals surface area contributed by atoms with Crippen molar-refractivity contribution in [3.63, 3.8) is 0 Å². The van der Waals surface area contributed by atoms with Crippen molar-refractivity contribution in [1.82, 2.24) is 30.0 Å². The summed E-state index contributed by atoms with van der Waals surface area (Å²) in [5, 5.41) is 8.02. The smallest absolute Gasteiger partial charge is 0.254 e. The van der Waals surface area contributed by atoms with E-state index in [1.54, 1.807) is 34.3 Å². The van der Waals surface area contributed by atoms with Gasteiger partial charge in [-0.3, -0.25) is 19.7 Å². The Bertz CT molecular complexity index is 1140. The summed E-state index contributed by atoms with van der Waals surface area (Å²) in [5.74, 6) is 0.491. The van der Waals surface area contributed by atoms with Crippen LogP contribution in [0, 0.1) is 12.8 Å². The van der Waals surface area contributed by atoms with Gasteiger partial charge in [0, 0.05) is 54.7 Å². The van der Waals surface area contributed by atoms with Crippen molar-refractivity contribution in [3.8, 4) is 11.3 Å². The van der Waals surface area contributed by atoms with E-state index in [0.717, 1.165) is 35.9 Å². The number of carbonyl (C=O) groups excluding carboxylic acids is 2. The monoisotopic (exact) mass is 404 g/mol. The molecule has 154 valence electrons. The summed E-state index contributed by atoms with van der Waals surface area (Å²) in [6, 6.07) is 5.12. The molecule has 2 aliphatic rings. The van der Waals surface area contributed by atoms with Crippen LogP contribution >= 0.6 is 0 Å². The molecule has 0 spiro atoms. The van der Waals surface area contributed by atoms with Gasteiger partial charge in [0.25, 0.3) is 5.91 Å². The maximum absolute atomic E-state index is 13.4. The second kappa shape index (κ2) is 7.19. The van der Waals surface area contributed by atoms with Gasteiger partial charge in [0.2, 0.25) is 5.91 Å². The molecule has 1 aliphatic heterocycles. The van der Waals surface area contributed by atoms with Gasteiger partial charge >= 0.3 is 0 Å². The number of aromatic nitrogens is 4. The minimum absolute atomic E-state index is 0.0425. The molecule has 8 heteroatoms. The van der Waals surface area contributed by atoms with Crippen LogP contribution < -0.4 is 0 Å². The summed E-state index contributed by atoms with van der Waals surface area (Å²) in [7, 11) is 1.82. The van der Waals surface area contributed by atoms with Crippen LogP contribution in [0.15, 0.2) is 30.6 Å². The van der Waals surface area contributed by atoms with Gasteiger partial charge in [-0.15, -0.1) is 0 Å². The standard InChI is InChI=1S/C22H24N6O2/c1-13-17-10-16(12-24-20(17)26-25-13)18-11-15(5-6-23-18)21(29)28-8-7-27(2)22(30)19(28)9-14-3-4-14/h5-6,10-12,14,19H,3-4,7-9H2,1-2H3,(H,24,25,26).